The zero-order chi connectivity index (χ0) is 22.5. The molecule has 3 aromatic rings. The van der Waals surface area contributed by atoms with Crippen LogP contribution in [0.2, 0.25) is 0 Å². The van der Waals surface area contributed by atoms with Crippen molar-refractivity contribution in [2.75, 3.05) is 11.9 Å². The maximum atomic E-state index is 13.1. The Bertz CT molecular complexity index is 1120. The molecule has 0 bridgehead atoms. The fraction of sp³-hybridized carbons (Fsp3) is 0.292. The van der Waals surface area contributed by atoms with Crippen LogP contribution >= 0.6 is 0 Å². The number of hydrogen-bond donors (Lipinski definition) is 1. The normalized spacial score (nSPS) is 15.2. The van der Waals surface area contributed by atoms with E-state index in [1.807, 2.05) is 24.3 Å². The van der Waals surface area contributed by atoms with Crippen LogP contribution in [0.3, 0.4) is 0 Å². The van der Waals surface area contributed by atoms with E-state index >= 15 is 0 Å². The van der Waals surface area contributed by atoms with Gasteiger partial charge in [0.2, 0.25) is 5.95 Å². The van der Waals surface area contributed by atoms with E-state index in [1.54, 1.807) is 23.7 Å². The molecule has 7 nitrogen and oxygen atoms in total. The number of benzene rings is 2. The molecule has 1 aliphatic rings. The number of carbonyl (C=O) groups is 1. The minimum Gasteiger partial charge on any atom is -0.489 e. The van der Waals surface area contributed by atoms with Crippen molar-refractivity contribution in [3.63, 3.8) is 0 Å². The molecule has 1 aromatic heterocycles. The standard InChI is InChI=1S/C24H25FN4O3/c1-3-6-20-21(23(30)31-4-2)22(29-24(28-20)26-15-27-29)17-7-5-8-19(13-17)32-14-16-9-11-18(25)12-10-16/h5,7-13,15,22H,3-4,6,14H2,1-2H3,(H,26,27,28)/t22-/m1/s1. The Balaban J connectivity index is 1.68. The molecule has 2 heterocycles. The zero-order valence-electron chi connectivity index (χ0n) is 18.0. The van der Waals surface area contributed by atoms with Gasteiger partial charge in [-0.1, -0.05) is 37.6 Å². The Labute approximate surface area is 185 Å². The van der Waals surface area contributed by atoms with Crippen molar-refractivity contribution in [3.05, 3.63) is 83.1 Å². The van der Waals surface area contributed by atoms with Crippen molar-refractivity contribution in [1.82, 2.24) is 14.8 Å². The molecule has 0 fully saturated rings. The molecule has 1 N–H and O–H groups in total. The fourth-order valence-electron chi connectivity index (χ4n) is 3.74. The first-order chi connectivity index (χ1) is 15.6. The summed E-state index contributed by atoms with van der Waals surface area (Å²) in [4.78, 5) is 17.3. The minimum absolute atomic E-state index is 0.277. The summed E-state index contributed by atoms with van der Waals surface area (Å²) in [5.74, 6) is 0.537. The number of halogens is 1. The van der Waals surface area contributed by atoms with Gasteiger partial charge in [0.1, 0.15) is 30.5 Å². The molecule has 4 rings (SSSR count). The van der Waals surface area contributed by atoms with Gasteiger partial charge in [-0.2, -0.15) is 10.1 Å². The molecule has 0 unspecified atom stereocenters. The number of esters is 1. The molecular formula is C24H25FN4O3. The number of allylic oxidation sites excluding steroid dienone is 1. The first-order valence-corrected chi connectivity index (χ1v) is 10.6. The summed E-state index contributed by atoms with van der Waals surface area (Å²) in [7, 11) is 0. The second-order valence-electron chi connectivity index (χ2n) is 7.41. The molecule has 0 saturated carbocycles. The van der Waals surface area contributed by atoms with Gasteiger partial charge in [0, 0.05) is 5.70 Å². The predicted molar refractivity (Wildman–Crippen MR) is 118 cm³/mol. The number of nitrogens with one attached hydrogen (secondary N) is 1. The van der Waals surface area contributed by atoms with Crippen molar-refractivity contribution in [1.29, 1.82) is 0 Å². The fourth-order valence-corrected chi connectivity index (χ4v) is 3.74. The number of ether oxygens (including phenoxy) is 2. The molecule has 0 radical (unpaired) electrons. The van der Waals surface area contributed by atoms with E-state index in [0.29, 0.717) is 30.3 Å². The third-order valence-corrected chi connectivity index (χ3v) is 5.17. The molecule has 8 heteroatoms. The lowest BCUT2D eigenvalue weighted by molar-refractivity contribution is -0.139. The van der Waals surface area contributed by atoms with Gasteiger partial charge >= 0.3 is 5.97 Å². The molecule has 0 saturated heterocycles. The van der Waals surface area contributed by atoms with Crippen molar-refractivity contribution >= 4 is 11.9 Å². The van der Waals surface area contributed by atoms with Gasteiger partial charge in [-0.05, 0) is 48.7 Å². The predicted octanol–water partition coefficient (Wildman–Crippen LogP) is 4.63. The van der Waals surface area contributed by atoms with Crippen molar-refractivity contribution in [2.45, 2.75) is 39.3 Å². The largest absolute Gasteiger partial charge is 0.489 e. The Morgan fingerprint density at radius 3 is 2.75 bits per heavy atom. The molecule has 32 heavy (non-hydrogen) atoms. The van der Waals surface area contributed by atoms with E-state index < -0.39 is 6.04 Å². The Morgan fingerprint density at radius 1 is 1.19 bits per heavy atom. The summed E-state index contributed by atoms with van der Waals surface area (Å²) in [5.41, 5.74) is 2.98. The monoisotopic (exact) mass is 436 g/mol. The number of rotatable bonds is 8. The van der Waals surface area contributed by atoms with Crippen LogP contribution in [0.25, 0.3) is 0 Å². The summed E-state index contributed by atoms with van der Waals surface area (Å²) in [6, 6.07) is 13.2. The second-order valence-corrected chi connectivity index (χ2v) is 7.41. The first kappa shape index (κ1) is 21.5. The van der Waals surface area contributed by atoms with E-state index in [1.165, 1.54) is 18.5 Å². The quantitative estimate of drug-likeness (QED) is 0.519. The van der Waals surface area contributed by atoms with Crippen LogP contribution in [-0.2, 0) is 16.1 Å². The lowest BCUT2D eigenvalue weighted by atomic mass is 9.94. The minimum atomic E-state index is -0.497. The van der Waals surface area contributed by atoms with Gasteiger partial charge < -0.3 is 14.8 Å². The van der Waals surface area contributed by atoms with E-state index in [4.69, 9.17) is 9.47 Å². The van der Waals surface area contributed by atoms with Crippen molar-refractivity contribution in [3.8, 4) is 5.75 Å². The van der Waals surface area contributed by atoms with Crippen LogP contribution < -0.4 is 10.1 Å². The van der Waals surface area contributed by atoms with Crippen LogP contribution in [0.15, 0.2) is 66.1 Å². The highest BCUT2D eigenvalue weighted by molar-refractivity contribution is 5.92. The molecule has 1 aliphatic heterocycles. The van der Waals surface area contributed by atoms with Crippen LogP contribution in [0.5, 0.6) is 5.75 Å². The Hall–Kier alpha value is -3.68. The topological polar surface area (TPSA) is 78.3 Å². The van der Waals surface area contributed by atoms with Gasteiger partial charge in [0.25, 0.3) is 0 Å². The lowest BCUT2D eigenvalue weighted by Gasteiger charge is -2.29. The lowest BCUT2D eigenvalue weighted by Crippen LogP contribution is -2.30. The summed E-state index contributed by atoms with van der Waals surface area (Å²) in [6.07, 6.45) is 2.99. The average molecular weight is 436 g/mol. The van der Waals surface area contributed by atoms with Crippen LogP contribution in [-0.4, -0.2) is 27.3 Å². The van der Waals surface area contributed by atoms with Gasteiger partial charge in [-0.15, -0.1) is 0 Å². The molecule has 0 amide bonds. The number of nitrogens with zero attached hydrogens (tertiary/aromatic N) is 3. The van der Waals surface area contributed by atoms with Crippen LogP contribution in [0.4, 0.5) is 10.3 Å². The Morgan fingerprint density at radius 2 is 2.00 bits per heavy atom. The third-order valence-electron chi connectivity index (χ3n) is 5.17. The summed E-state index contributed by atoms with van der Waals surface area (Å²) >= 11 is 0. The highest BCUT2D eigenvalue weighted by Crippen LogP contribution is 2.37. The van der Waals surface area contributed by atoms with Crippen LogP contribution in [0.1, 0.15) is 43.9 Å². The SMILES string of the molecule is CCCC1=C(C(=O)OCC)[C@@H](c2cccc(OCc3ccc(F)cc3)c2)n2ncnc2N1. The van der Waals surface area contributed by atoms with Gasteiger partial charge in [0.15, 0.2) is 0 Å². The summed E-state index contributed by atoms with van der Waals surface area (Å²) < 4.78 is 26.2. The zero-order valence-corrected chi connectivity index (χ0v) is 18.0. The Kier molecular flexibility index (Phi) is 6.49. The number of fused-ring (bicyclic) bond motifs is 1. The van der Waals surface area contributed by atoms with E-state index in [9.17, 15) is 9.18 Å². The van der Waals surface area contributed by atoms with Gasteiger partial charge in [0.05, 0.1) is 12.2 Å². The van der Waals surface area contributed by atoms with Crippen molar-refractivity contribution < 1.29 is 18.7 Å². The summed E-state index contributed by atoms with van der Waals surface area (Å²) in [5, 5.41) is 7.60. The van der Waals surface area contributed by atoms with E-state index in [2.05, 4.69) is 22.3 Å². The van der Waals surface area contributed by atoms with Gasteiger partial charge in [-0.3, -0.25) is 0 Å². The van der Waals surface area contributed by atoms with Crippen LogP contribution in [0, 0.1) is 5.82 Å². The van der Waals surface area contributed by atoms with E-state index in [-0.39, 0.29) is 18.4 Å². The number of hydrogen-bond acceptors (Lipinski definition) is 6. The molecular weight excluding hydrogens is 411 g/mol. The smallest absolute Gasteiger partial charge is 0.338 e. The number of carbonyl (C=O) groups excluding carboxylic acids is 1. The first-order valence-electron chi connectivity index (χ1n) is 10.6. The molecule has 1 atom stereocenters. The van der Waals surface area contributed by atoms with Crippen molar-refractivity contribution in [2.24, 2.45) is 0 Å². The third kappa shape index (κ3) is 4.49. The average Bonchev–Trinajstić information content (AvgIpc) is 3.26. The number of aromatic nitrogens is 3. The molecule has 166 valence electrons. The van der Waals surface area contributed by atoms with Gasteiger partial charge in [-0.25, -0.2) is 13.9 Å². The maximum absolute atomic E-state index is 13.1. The maximum Gasteiger partial charge on any atom is 0.338 e. The highest BCUT2D eigenvalue weighted by Gasteiger charge is 2.35. The highest BCUT2D eigenvalue weighted by atomic mass is 19.1. The van der Waals surface area contributed by atoms with E-state index in [0.717, 1.165) is 23.2 Å². The molecule has 2 aromatic carbocycles. The number of anilines is 1. The summed E-state index contributed by atoms with van der Waals surface area (Å²) in [6.45, 7) is 4.41. The molecule has 0 aliphatic carbocycles. The molecule has 0 spiro atoms. The second kappa shape index (κ2) is 9.64.